The summed E-state index contributed by atoms with van der Waals surface area (Å²) in [6, 6.07) is 5.67. The van der Waals surface area contributed by atoms with Crippen LogP contribution >= 0.6 is 0 Å². The van der Waals surface area contributed by atoms with Gasteiger partial charge in [0.2, 0.25) is 0 Å². The highest BCUT2D eigenvalue weighted by Crippen LogP contribution is 2.13. The van der Waals surface area contributed by atoms with Crippen molar-refractivity contribution in [3.63, 3.8) is 0 Å². The summed E-state index contributed by atoms with van der Waals surface area (Å²) in [6.07, 6.45) is 4.83. The van der Waals surface area contributed by atoms with Gasteiger partial charge in [-0.3, -0.25) is 14.5 Å². The molecule has 0 saturated carbocycles. The third-order valence-corrected chi connectivity index (χ3v) is 3.76. The Morgan fingerprint density at radius 2 is 2.04 bits per heavy atom. The average Bonchev–Trinajstić information content (AvgIpc) is 2.91. The molecule has 2 aromatic rings. The Kier molecular flexibility index (Phi) is 6.49. The normalized spacial score (nSPS) is 11.0. The summed E-state index contributed by atoms with van der Waals surface area (Å²) in [6.45, 7) is 5.32. The first-order chi connectivity index (χ1) is 11.5. The number of pyridine rings is 1. The fourth-order valence-electron chi connectivity index (χ4n) is 2.63. The van der Waals surface area contributed by atoms with Gasteiger partial charge < -0.3 is 10.0 Å². The van der Waals surface area contributed by atoms with Gasteiger partial charge >= 0.3 is 0 Å². The summed E-state index contributed by atoms with van der Waals surface area (Å²) in [5.41, 5.74) is 2.53. The molecule has 0 aliphatic heterocycles. The van der Waals surface area contributed by atoms with Gasteiger partial charge in [-0.2, -0.15) is 5.10 Å². The third kappa shape index (κ3) is 4.89. The number of rotatable bonds is 8. The van der Waals surface area contributed by atoms with E-state index in [9.17, 15) is 4.79 Å². The van der Waals surface area contributed by atoms with E-state index in [-0.39, 0.29) is 12.5 Å². The van der Waals surface area contributed by atoms with Crippen LogP contribution in [-0.2, 0) is 20.0 Å². The number of aliphatic hydroxyl groups excluding tert-OH is 1. The van der Waals surface area contributed by atoms with Gasteiger partial charge in [-0.1, -0.05) is 13.8 Å². The van der Waals surface area contributed by atoms with Gasteiger partial charge in [0.15, 0.2) is 0 Å². The van der Waals surface area contributed by atoms with Crippen molar-refractivity contribution >= 4 is 5.91 Å². The summed E-state index contributed by atoms with van der Waals surface area (Å²) < 4.78 is 1.65. The number of hydrogen-bond donors (Lipinski definition) is 1. The maximum absolute atomic E-state index is 12.9. The number of amides is 1. The minimum Gasteiger partial charge on any atom is -0.396 e. The van der Waals surface area contributed by atoms with Crippen molar-refractivity contribution in [1.82, 2.24) is 19.7 Å². The number of aryl methyl sites for hydroxylation is 1. The van der Waals surface area contributed by atoms with Crippen molar-refractivity contribution in [2.75, 3.05) is 13.2 Å². The van der Waals surface area contributed by atoms with E-state index >= 15 is 0 Å². The monoisotopic (exact) mass is 330 g/mol. The van der Waals surface area contributed by atoms with Crippen molar-refractivity contribution in [2.24, 2.45) is 13.0 Å². The first-order valence-electron chi connectivity index (χ1n) is 8.33. The minimum absolute atomic E-state index is 0.0596. The van der Waals surface area contributed by atoms with E-state index in [4.69, 9.17) is 5.11 Å². The van der Waals surface area contributed by atoms with Crippen LogP contribution in [0.1, 0.15) is 42.0 Å². The van der Waals surface area contributed by atoms with Crippen LogP contribution in [0.4, 0.5) is 0 Å². The first kappa shape index (κ1) is 18.1. The van der Waals surface area contributed by atoms with Crippen LogP contribution in [0, 0.1) is 5.92 Å². The quantitative estimate of drug-likeness (QED) is 0.804. The van der Waals surface area contributed by atoms with E-state index in [0.29, 0.717) is 31.1 Å². The first-order valence-corrected chi connectivity index (χ1v) is 8.33. The highest BCUT2D eigenvalue weighted by atomic mass is 16.3. The van der Waals surface area contributed by atoms with Gasteiger partial charge in [0.1, 0.15) is 5.69 Å². The lowest BCUT2D eigenvalue weighted by Gasteiger charge is -2.22. The molecule has 0 unspecified atom stereocenters. The molecular formula is C18H26N4O2. The minimum atomic E-state index is -0.0646. The predicted octanol–water partition coefficient (Wildman–Crippen LogP) is 2.04. The second-order valence-corrected chi connectivity index (χ2v) is 6.40. The highest BCUT2D eigenvalue weighted by Gasteiger charge is 2.20. The van der Waals surface area contributed by atoms with Crippen molar-refractivity contribution < 1.29 is 9.90 Å². The second-order valence-electron chi connectivity index (χ2n) is 6.40. The molecule has 24 heavy (non-hydrogen) atoms. The Morgan fingerprint density at radius 3 is 2.67 bits per heavy atom. The number of aromatic nitrogens is 3. The summed E-state index contributed by atoms with van der Waals surface area (Å²) in [5, 5.41) is 13.6. The van der Waals surface area contributed by atoms with E-state index in [1.807, 2.05) is 18.2 Å². The molecule has 0 spiro atoms. The maximum Gasteiger partial charge on any atom is 0.272 e. The molecule has 1 N–H and O–H groups in total. The van der Waals surface area contributed by atoms with Gasteiger partial charge in [-0.05, 0) is 42.5 Å². The van der Waals surface area contributed by atoms with Crippen LogP contribution in [0.25, 0.3) is 0 Å². The van der Waals surface area contributed by atoms with Gasteiger partial charge in [0.25, 0.3) is 5.91 Å². The summed E-state index contributed by atoms with van der Waals surface area (Å²) in [4.78, 5) is 18.7. The Bertz CT molecular complexity index is 652. The highest BCUT2D eigenvalue weighted by molar-refractivity contribution is 5.92. The molecule has 2 rings (SSSR count). The van der Waals surface area contributed by atoms with Crippen molar-refractivity contribution in [2.45, 2.75) is 33.2 Å². The molecule has 2 aromatic heterocycles. The molecule has 0 aliphatic carbocycles. The van der Waals surface area contributed by atoms with Crippen LogP contribution in [0.2, 0.25) is 0 Å². The van der Waals surface area contributed by atoms with Crippen LogP contribution in [-0.4, -0.2) is 43.8 Å². The third-order valence-electron chi connectivity index (χ3n) is 3.76. The molecule has 0 aromatic carbocycles. The number of carbonyl (C=O) groups excluding carboxylic acids is 1. The molecule has 1 amide bonds. The van der Waals surface area contributed by atoms with Gasteiger partial charge in [0.05, 0.1) is 5.69 Å². The van der Waals surface area contributed by atoms with Crippen LogP contribution in [0.15, 0.2) is 30.6 Å². The zero-order valence-electron chi connectivity index (χ0n) is 14.6. The number of nitrogens with zero attached hydrogens (tertiary/aromatic N) is 4. The SMILES string of the molecule is CC(C)Cc1cc(C(=O)N(CCCO)Cc2ccncc2)n(C)n1. The molecule has 2 heterocycles. The standard InChI is InChI=1S/C18H26N4O2/c1-14(2)11-16-12-17(21(3)20-16)18(24)22(9-4-10-23)13-15-5-7-19-8-6-15/h5-8,12,14,23H,4,9-11,13H2,1-3H3. The summed E-state index contributed by atoms with van der Waals surface area (Å²) in [5.74, 6) is 0.426. The molecule has 0 bridgehead atoms. The Hall–Kier alpha value is -2.21. The molecule has 6 nitrogen and oxygen atoms in total. The second kappa shape index (κ2) is 8.59. The Labute approximate surface area is 143 Å². The van der Waals surface area contributed by atoms with E-state index in [1.54, 1.807) is 29.0 Å². The lowest BCUT2D eigenvalue weighted by molar-refractivity contribution is 0.0721. The van der Waals surface area contributed by atoms with Crippen molar-refractivity contribution in [1.29, 1.82) is 0 Å². The fraction of sp³-hybridized carbons (Fsp3) is 0.500. The van der Waals surface area contributed by atoms with Crippen LogP contribution < -0.4 is 0 Å². The zero-order valence-corrected chi connectivity index (χ0v) is 14.6. The van der Waals surface area contributed by atoms with Gasteiger partial charge in [-0.15, -0.1) is 0 Å². The molecular weight excluding hydrogens is 304 g/mol. The van der Waals surface area contributed by atoms with Gasteiger partial charge in [0, 0.05) is 39.1 Å². The van der Waals surface area contributed by atoms with E-state index in [2.05, 4.69) is 23.9 Å². The van der Waals surface area contributed by atoms with E-state index in [1.165, 1.54) is 0 Å². The molecule has 0 fully saturated rings. The molecule has 0 saturated heterocycles. The summed E-state index contributed by atoms with van der Waals surface area (Å²) >= 11 is 0. The largest absolute Gasteiger partial charge is 0.396 e. The molecule has 0 atom stereocenters. The molecule has 0 aliphatic rings. The van der Waals surface area contributed by atoms with Crippen LogP contribution in [0.5, 0.6) is 0 Å². The maximum atomic E-state index is 12.9. The van der Waals surface area contributed by atoms with E-state index < -0.39 is 0 Å². The topological polar surface area (TPSA) is 71.2 Å². The van der Waals surface area contributed by atoms with Gasteiger partial charge in [-0.25, -0.2) is 0 Å². The fourth-order valence-corrected chi connectivity index (χ4v) is 2.63. The summed E-state index contributed by atoms with van der Waals surface area (Å²) in [7, 11) is 1.80. The smallest absolute Gasteiger partial charge is 0.272 e. The number of aliphatic hydroxyl groups is 1. The predicted molar refractivity (Wildman–Crippen MR) is 92.4 cm³/mol. The Morgan fingerprint density at radius 1 is 1.33 bits per heavy atom. The van der Waals surface area contributed by atoms with E-state index in [0.717, 1.165) is 17.7 Å². The number of hydrogen-bond acceptors (Lipinski definition) is 4. The Balaban J connectivity index is 2.19. The lowest BCUT2D eigenvalue weighted by atomic mass is 10.1. The van der Waals surface area contributed by atoms with Crippen LogP contribution in [0.3, 0.4) is 0 Å². The average molecular weight is 330 g/mol. The van der Waals surface area contributed by atoms with Crippen molar-refractivity contribution in [3.05, 3.63) is 47.5 Å². The molecule has 0 radical (unpaired) electrons. The lowest BCUT2D eigenvalue weighted by Crippen LogP contribution is -2.33. The molecule has 6 heteroatoms. The molecule has 130 valence electrons. The number of carbonyl (C=O) groups is 1. The zero-order chi connectivity index (χ0) is 17.5. The van der Waals surface area contributed by atoms with Crippen molar-refractivity contribution in [3.8, 4) is 0 Å².